The Morgan fingerprint density at radius 3 is 2.15 bits per heavy atom. The monoisotopic (exact) mass is 359 g/mol. The zero-order valence-electron chi connectivity index (χ0n) is 10.0. The molecule has 3 rings (SSSR count). The molecule has 10 heteroatoms. The third kappa shape index (κ3) is 2.79. The average molecular weight is 361 g/mol. The van der Waals surface area contributed by atoms with Crippen molar-refractivity contribution in [1.29, 1.82) is 0 Å². The zero-order chi connectivity index (χ0) is 12.5. The highest BCUT2D eigenvalue weighted by Crippen LogP contribution is 2.24. The van der Waals surface area contributed by atoms with Gasteiger partial charge in [0.25, 0.3) is 5.95 Å². The number of nitrogen functional groups attached to an aromatic ring is 1. The van der Waals surface area contributed by atoms with E-state index in [0.717, 1.165) is 0 Å². The van der Waals surface area contributed by atoms with Gasteiger partial charge in [-0.05, 0) is 28.1 Å². The summed E-state index contributed by atoms with van der Waals surface area (Å²) in [5, 5.41) is 8.19. The number of hydrogen-bond acceptors (Lipinski definition) is 5. The van der Waals surface area contributed by atoms with Gasteiger partial charge in [0.15, 0.2) is 5.82 Å². The topological polar surface area (TPSA) is 119 Å². The molecule has 0 fully saturated rings. The van der Waals surface area contributed by atoms with Crippen molar-refractivity contribution in [3.63, 3.8) is 0 Å². The van der Waals surface area contributed by atoms with Crippen LogP contribution in [0.5, 0.6) is 0 Å². The molecule has 3 aromatic rings. The van der Waals surface area contributed by atoms with Crippen LogP contribution in [-0.4, -0.2) is 35.0 Å². The lowest BCUT2D eigenvalue weighted by molar-refractivity contribution is 0.773. The van der Waals surface area contributed by atoms with Crippen LogP contribution in [0.2, 0.25) is 0 Å². The summed E-state index contributed by atoms with van der Waals surface area (Å²) in [6.45, 7) is 0. The maximum absolute atomic E-state index is 5.85. The number of rotatable bonds is 2. The summed E-state index contributed by atoms with van der Waals surface area (Å²) in [6, 6.07) is 3.59. The summed E-state index contributed by atoms with van der Waals surface area (Å²) in [6.07, 6.45) is 6.84. The fourth-order valence-corrected chi connectivity index (χ4v) is 1.83. The summed E-state index contributed by atoms with van der Waals surface area (Å²) in [5.41, 5.74) is 5.85. The molecule has 8 nitrogen and oxygen atoms in total. The Bertz CT molecular complexity index is 671. The van der Waals surface area contributed by atoms with Gasteiger partial charge in [-0.3, -0.25) is 0 Å². The Labute approximate surface area is 128 Å². The summed E-state index contributed by atoms with van der Waals surface area (Å²) >= 11 is 3.36. The summed E-state index contributed by atoms with van der Waals surface area (Å²) in [7, 11) is 0. The predicted octanol–water partition coefficient (Wildman–Crippen LogP) is 0.790. The molecule has 0 saturated carbocycles. The largest absolute Gasteiger partial charge is 0.412 e. The minimum Gasteiger partial charge on any atom is -0.412 e. The Balaban J connectivity index is 0.000001000. The van der Waals surface area contributed by atoms with E-state index in [9.17, 15) is 0 Å². The van der Waals surface area contributed by atoms with Crippen molar-refractivity contribution in [1.82, 2.24) is 29.5 Å². The molecule has 0 aliphatic carbocycles. The van der Waals surface area contributed by atoms with Gasteiger partial charge in [0.2, 0.25) is 0 Å². The van der Waals surface area contributed by atoms with Crippen LogP contribution in [0, 0.1) is 0 Å². The Kier molecular flexibility index (Phi) is 5.19. The first-order valence-corrected chi connectivity index (χ1v) is 5.88. The Morgan fingerprint density at radius 1 is 1.00 bits per heavy atom. The van der Waals surface area contributed by atoms with Gasteiger partial charge in [0.05, 0.1) is 0 Å². The van der Waals surface area contributed by atoms with Crippen LogP contribution in [0.4, 0.5) is 5.82 Å². The van der Waals surface area contributed by atoms with Crippen LogP contribution < -0.4 is 5.73 Å². The second kappa shape index (κ2) is 6.46. The molecule has 0 aliphatic heterocycles. The fraction of sp³-hybridized carbons (Fsp3) is 0. The average Bonchev–Trinajstić information content (AvgIpc) is 3.03. The molecular weight excluding hydrogens is 350 g/mol. The molecule has 0 spiro atoms. The first-order valence-electron chi connectivity index (χ1n) is 5.09. The predicted molar refractivity (Wildman–Crippen MR) is 79.3 cm³/mol. The number of halogens is 2. The summed E-state index contributed by atoms with van der Waals surface area (Å²) in [4.78, 5) is 8.55. The van der Waals surface area contributed by atoms with Crippen molar-refractivity contribution in [2.45, 2.75) is 0 Å². The molecule has 0 unspecified atom stereocenters. The molecule has 20 heavy (non-hydrogen) atoms. The van der Waals surface area contributed by atoms with Crippen molar-refractivity contribution in [2.75, 3.05) is 5.73 Å². The molecule has 0 atom stereocenters. The highest BCUT2D eigenvalue weighted by atomic mass is 79.9. The van der Waals surface area contributed by atoms with Crippen LogP contribution in [-0.2, 0) is 0 Å². The Hall–Kier alpha value is -1.97. The molecule has 106 valence electrons. The van der Waals surface area contributed by atoms with E-state index in [1.807, 2.05) is 0 Å². The SMILES string of the molecule is Cl.Nc1nc(-n2cccn2)nc(-n2cccn2)c1Br.O. The van der Waals surface area contributed by atoms with Crippen LogP contribution in [0.1, 0.15) is 0 Å². The summed E-state index contributed by atoms with van der Waals surface area (Å²) < 4.78 is 3.74. The number of nitrogens with zero attached hydrogens (tertiary/aromatic N) is 6. The second-order valence-electron chi connectivity index (χ2n) is 3.45. The van der Waals surface area contributed by atoms with E-state index < -0.39 is 0 Å². The van der Waals surface area contributed by atoms with Crippen LogP contribution in [0.25, 0.3) is 11.8 Å². The van der Waals surface area contributed by atoms with Crippen molar-refractivity contribution < 1.29 is 5.48 Å². The van der Waals surface area contributed by atoms with Gasteiger partial charge in [-0.25, -0.2) is 9.36 Å². The lowest BCUT2D eigenvalue weighted by Crippen LogP contribution is -2.10. The molecule has 0 amide bonds. The van der Waals surface area contributed by atoms with Gasteiger partial charge in [-0.2, -0.15) is 20.2 Å². The van der Waals surface area contributed by atoms with E-state index in [1.165, 1.54) is 4.68 Å². The first kappa shape index (κ1) is 16.1. The quantitative estimate of drug-likeness (QED) is 0.724. The number of nitrogens with two attached hydrogens (primary N) is 1. The molecule has 0 aliphatic rings. The van der Waals surface area contributed by atoms with Crippen LogP contribution in [0.3, 0.4) is 0 Å². The molecule has 4 N–H and O–H groups in total. The lowest BCUT2D eigenvalue weighted by atomic mass is 10.5. The van der Waals surface area contributed by atoms with Gasteiger partial charge >= 0.3 is 0 Å². The molecule has 0 radical (unpaired) electrons. The van der Waals surface area contributed by atoms with Crippen molar-refractivity contribution in [3.8, 4) is 11.8 Å². The number of anilines is 1. The third-order valence-electron chi connectivity index (χ3n) is 2.28. The summed E-state index contributed by atoms with van der Waals surface area (Å²) in [5.74, 6) is 1.30. The van der Waals surface area contributed by atoms with E-state index in [-0.39, 0.29) is 17.9 Å². The van der Waals surface area contributed by atoms with E-state index in [1.54, 1.807) is 41.6 Å². The van der Waals surface area contributed by atoms with Crippen molar-refractivity contribution >= 4 is 34.2 Å². The minimum absolute atomic E-state index is 0. The second-order valence-corrected chi connectivity index (χ2v) is 4.24. The molecule has 0 bridgehead atoms. The van der Waals surface area contributed by atoms with Gasteiger partial charge in [0.1, 0.15) is 10.3 Å². The fourth-order valence-electron chi connectivity index (χ4n) is 1.48. The van der Waals surface area contributed by atoms with Gasteiger partial charge in [-0.1, -0.05) is 0 Å². The molecule has 3 heterocycles. The van der Waals surface area contributed by atoms with E-state index in [0.29, 0.717) is 22.1 Å². The van der Waals surface area contributed by atoms with Gasteiger partial charge in [0, 0.05) is 24.8 Å². The third-order valence-corrected chi connectivity index (χ3v) is 3.04. The zero-order valence-corrected chi connectivity index (χ0v) is 12.4. The maximum Gasteiger partial charge on any atom is 0.254 e. The normalized spacial score (nSPS) is 9.65. The van der Waals surface area contributed by atoms with Gasteiger partial charge in [-0.15, -0.1) is 12.4 Å². The minimum atomic E-state index is 0. The van der Waals surface area contributed by atoms with Crippen LogP contribution in [0.15, 0.2) is 41.4 Å². The smallest absolute Gasteiger partial charge is 0.254 e. The standard InChI is InChI=1S/C10H8BrN7.ClH.H2O/c11-7-8(12)15-10(18-6-2-4-14-18)16-9(7)17-5-1-3-13-17;;/h1-6H,(H2,12,15,16);1H;1H2. The molecule has 0 aromatic carbocycles. The molecule has 0 saturated heterocycles. The van der Waals surface area contributed by atoms with Crippen LogP contribution >= 0.6 is 28.3 Å². The highest BCUT2D eigenvalue weighted by Gasteiger charge is 2.13. The van der Waals surface area contributed by atoms with Gasteiger partial charge < -0.3 is 11.2 Å². The lowest BCUT2D eigenvalue weighted by Gasteiger charge is -2.08. The first-order chi connectivity index (χ1) is 8.75. The van der Waals surface area contributed by atoms with Crippen molar-refractivity contribution in [2.24, 2.45) is 0 Å². The Morgan fingerprint density at radius 2 is 1.60 bits per heavy atom. The van der Waals surface area contributed by atoms with E-state index >= 15 is 0 Å². The highest BCUT2D eigenvalue weighted by molar-refractivity contribution is 9.10. The maximum atomic E-state index is 5.85. The number of hydrogen-bond donors (Lipinski definition) is 1. The van der Waals surface area contributed by atoms with Crippen molar-refractivity contribution in [3.05, 3.63) is 41.4 Å². The molecular formula is C10H11BrClN7O. The van der Waals surface area contributed by atoms with E-state index in [2.05, 4.69) is 36.1 Å². The number of aromatic nitrogens is 6. The van der Waals surface area contributed by atoms with E-state index in [4.69, 9.17) is 5.73 Å². The molecule has 3 aromatic heterocycles.